The highest BCUT2D eigenvalue weighted by molar-refractivity contribution is 7.99. The molecule has 2 heterocycles. The maximum atomic E-state index is 11.9. The van der Waals surface area contributed by atoms with Crippen LogP contribution in [0.3, 0.4) is 0 Å². The number of hydrogen-bond acceptors (Lipinski definition) is 4. The lowest BCUT2D eigenvalue weighted by molar-refractivity contribution is 0.249. The standard InChI is InChI=1S/C15H18N4OS/c1-3-21-14-5-4-13(10-17-14)19-15(20)18-11(2)12-6-8-16-9-7-12/h4-11H,3H2,1-2H3,(H2,18,19,20). The van der Waals surface area contributed by atoms with E-state index in [-0.39, 0.29) is 12.1 Å². The Morgan fingerprint density at radius 3 is 2.67 bits per heavy atom. The summed E-state index contributed by atoms with van der Waals surface area (Å²) in [6, 6.07) is 7.16. The number of nitrogens with one attached hydrogen (secondary N) is 2. The number of carbonyl (C=O) groups excluding carboxylic acids is 1. The van der Waals surface area contributed by atoms with Crippen molar-refractivity contribution in [1.29, 1.82) is 0 Å². The monoisotopic (exact) mass is 302 g/mol. The molecule has 2 rings (SSSR count). The Hall–Kier alpha value is -2.08. The van der Waals surface area contributed by atoms with E-state index in [0.29, 0.717) is 5.69 Å². The number of thioether (sulfide) groups is 1. The third-order valence-corrected chi connectivity index (χ3v) is 3.67. The van der Waals surface area contributed by atoms with Crippen LogP contribution < -0.4 is 10.6 Å². The van der Waals surface area contributed by atoms with Gasteiger partial charge >= 0.3 is 6.03 Å². The zero-order valence-electron chi connectivity index (χ0n) is 12.0. The number of urea groups is 1. The zero-order valence-corrected chi connectivity index (χ0v) is 12.9. The van der Waals surface area contributed by atoms with Crippen LogP contribution in [-0.2, 0) is 0 Å². The molecule has 2 aromatic heterocycles. The normalized spacial score (nSPS) is 11.7. The molecule has 2 aromatic rings. The second-order valence-electron chi connectivity index (χ2n) is 4.42. The molecule has 1 unspecified atom stereocenters. The van der Waals surface area contributed by atoms with E-state index in [2.05, 4.69) is 27.5 Å². The molecule has 0 aliphatic rings. The highest BCUT2D eigenvalue weighted by Crippen LogP contribution is 2.16. The maximum absolute atomic E-state index is 11.9. The zero-order chi connectivity index (χ0) is 15.1. The summed E-state index contributed by atoms with van der Waals surface area (Å²) in [5.41, 5.74) is 1.68. The van der Waals surface area contributed by atoms with E-state index in [0.717, 1.165) is 16.3 Å². The summed E-state index contributed by atoms with van der Waals surface area (Å²) in [4.78, 5) is 20.2. The topological polar surface area (TPSA) is 66.9 Å². The smallest absolute Gasteiger partial charge is 0.319 e. The van der Waals surface area contributed by atoms with Crippen molar-refractivity contribution >= 4 is 23.5 Å². The molecule has 0 spiro atoms. The number of nitrogens with zero attached hydrogens (tertiary/aromatic N) is 2. The quantitative estimate of drug-likeness (QED) is 0.830. The van der Waals surface area contributed by atoms with Crippen molar-refractivity contribution in [2.45, 2.75) is 24.9 Å². The summed E-state index contributed by atoms with van der Waals surface area (Å²) in [5, 5.41) is 6.60. The highest BCUT2D eigenvalue weighted by atomic mass is 32.2. The van der Waals surface area contributed by atoms with Crippen LogP contribution in [-0.4, -0.2) is 21.8 Å². The van der Waals surface area contributed by atoms with Crippen molar-refractivity contribution in [3.8, 4) is 0 Å². The van der Waals surface area contributed by atoms with Crippen LogP contribution in [0.4, 0.5) is 10.5 Å². The Morgan fingerprint density at radius 2 is 2.05 bits per heavy atom. The SMILES string of the molecule is CCSc1ccc(NC(=O)NC(C)c2ccncc2)cn1. The minimum atomic E-state index is -0.253. The summed E-state index contributed by atoms with van der Waals surface area (Å²) >= 11 is 1.67. The molecule has 1 atom stereocenters. The second kappa shape index (κ2) is 7.64. The van der Waals surface area contributed by atoms with Gasteiger partial charge in [0.1, 0.15) is 0 Å². The third-order valence-electron chi connectivity index (χ3n) is 2.84. The molecule has 0 aliphatic heterocycles. The molecule has 0 aromatic carbocycles. The Labute approximate surface area is 128 Å². The van der Waals surface area contributed by atoms with Crippen molar-refractivity contribution in [2.75, 3.05) is 11.1 Å². The van der Waals surface area contributed by atoms with Gasteiger partial charge < -0.3 is 10.6 Å². The van der Waals surface area contributed by atoms with Crippen LogP contribution in [0.2, 0.25) is 0 Å². The van der Waals surface area contributed by atoms with Gasteiger partial charge in [0.25, 0.3) is 0 Å². The van der Waals surface area contributed by atoms with E-state index in [1.165, 1.54) is 0 Å². The molecule has 0 radical (unpaired) electrons. The third kappa shape index (κ3) is 4.75. The number of pyridine rings is 2. The van der Waals surface area contributed by atoms with Crippen molar-refractivity contribution in [3.05, 3.63) is 48.4 Å². The lowest BCUT2D eigenvalue weighted by Crippen LogP contribution is -2.31. The Balaban J connectivity index is 1.89. The van der Waals surface area contributed by atoms with E-state index >= 15 is 0 Å². The van der Waals surface area contributed by atoms with E-state index in [4.69, 9.17) is 0 Å². The molecule has 0 saturated heterocycles. The Kier molecular flexibility index (Phi) is 5.57. The summed E-state index contributed by atoms with van der Waals surface area (Å²) in [7, 11) is 0. The fourth-order valence-corrected chi connectivity index (χ4v) is 2.37. The molecule has 0 fully saturated rings. The minimum absolute atomic E-state index is 0.0871. The molecule has 0 aliphatic carbocycles. The second-order valence-corrected chi connectivity index (χ2v) is 5.70. The van der Waals surface area contributed by atoms with Gasteiger partial charge in [-0.25, -0.2) is 9.78 Å². The van der Waals surface area contributed by atoms with Crippen molar-refractivity contribution in [1.82, 2.24) is 15.3 Å². The first-order valence-corrected chi connectivity index (χ1v) is 7.74. The summed E-state index contributed by atoms with van der Waals surface area (Å²) in [6.45, 7) is 4.00. The number of rotatable bonds is 5. The van der Waals surface area contributed by atoms with Crippen LogP contribution in [0, 0.1) is 0 Å². The Bertz CT molecular complexity index is 574. The molecule has 21 heavy (non-hydrogen) atoms. The number of hydrogen-bond donors (Lipinski definition) is 2. The van der Waals surface area contributed by atoms with Gasteiger partial charge in [-0.05, 0) is 42.5 Å². The first-order valence-electron chi connectivity index (χ1n) is 6.75. The average Bonchev–Trinajstić information content (AvgIpc) is 2.50. The molecular formula is C15H18N4OS. The average molecular weight is 302 g/mol. The van der Waals surface area contributed by atoms with E-state index < -0.39 is 0 Å². The number of anilines is 1. The van der Waals surface area contributed by atoms with Gasteiger partial charge in [0.05, 0.1) is 23.0 Å². The molecule has 0 saturated carbocycles. The predicted octanol–water partition coefficient (Wildman–Crippen LogP) is 3.47. The lowest BCUT2D eigenvalue weighted by atomic mass is 10.1. The number of aromatic nitrogens is 2. The molecule has 2 N–H and O–H groups in total. The van der Waals surface area contributed by atoms with E-state index in [9.17, 15) is 4.79 Å². The fraction of sp³-hybridized carbons (Fsp3) is 0.267. The minimum Gasteiger partial charge on any atom is -0.331 e. The van der Waals surface area contributed by atoms with Gasteiger partial charge in [-0.3, -0.25) is 4.98 Å². The predicted molar refractivity (Wildman–Crippen MR) is 85.4 cm³/mol. The van der Waals surface area contributed by atoms with Gasteiger partial charge in [0, 0.05) is 12.4 Å². The maximum Gasteiger partial charge on any atom is 0.319 e. The van der Waals surface area contributed by atoms with Crippen molar-refractivity contribution in [3.63, 3.8) is 0 Å². The summed E-state index contributed by atoms with van der Waals surface area (Å²) < 4.78 is 0. The largest absolute Gasteiger partial charge is 0.331 e. The van der Waals surface area contributed by atoms with Crippen molar-refractivity contribution < 1.29 is 4.79 Å². The van der Waals surface area contributed by atoms with Gasteiger partial charge in [-0.15, -0.1) is 11.8 Å². The van der Waals surface area contributed by atoms with Crippen LogP contribution in [0.1, 0.15) is 25.5 Å². The summed E-state index contributed by atoms with van der Waals surface area (Å²) in [6.07, 6.45) is 5.08. The number of amides is 2. The molecule has 0 bridgehead atoms. The van der Waals surface area contributed by atoms with Crippen LogP contribution in [0.15, 0.2) is 47.9 Å². The molecule has 5 nitrogen and oxygen atoms in total. The van der Waals surface area contributed by atoms with Crippen LogP contribution in [0.5, 0.6) is 0 Å². The molecular weight excluding hydrogens is 284 g/mol. The van der Waals surface area contributed by atoms with Crippen molar-refractivity contribution in [2.24, 2.45) is 0 Å². The molecule has 110 valence electrons. The van der Waals surface area contributed by atoms with Gasteiger partial charge in [0.15, 0.2) is 0 Å². The first kappa shape index (κ1) is 15.3. The number of carbonyl (C=O) groups is 1. The first-order chi connectivity index (χ1) is 10.2. The molecule has 2 amide bonds. The van der Waals surface area contributed by atoms with E-state index in [1.807, 2.05) is 31.2 Å². The Morgan fingerprint density at radius 1 is 1.29 bits per heavy atom. The van der Waals surface area contributed by atoms with Gasteiger partial charge in [0.2, 0.25) is 0 Å². The fourth-order valence-electron chi connectivity index (χ4n) is 1.79. The molecule has 6 heteroatoms. The highest BCUT2D eigenvalue weighted by Gasteiger charge is 2.09. The van der Waals surface area contributed by atoms with Crippen LogP contribution >= 0.6 is 11.8 Å². The van der Waals surface area contributed by atoms with Gasteiger partial charge in [-0.2, -0.15) is 0 Å². The van der Waals surface area contributed by atoms with Gasteiger partial charge in [-0.1, -0.05) is 6.92 Å². The van der Waals surface area contributed by atoms with Crippen LogP contribution in [0.25, 0.3) is 0 Å². The van der Waals surface area contributed by atoms with E-state index in [1.54, 1.807) is 30.4 Å². The summed E-state index contributed by atoms with van der Waals surface area (Å²) in [5.74, 6) is 0.976. The lowest BCUT2D eigenvalue weighted by Gasteiger charge is -2.14.